The van der Waals surface area contributed by atoms with Crippen molar-refractivity contribution in [2.45, 2.75) is 39.5 Å². The standard InChI is InChI=1S/C21H29FN2O2/c1-3-4-5-17-8-10-23(11-9-17)13-16(2)14-24-19-12-18(22)6-7-20(19)26-15-21(24)25/h5-7,12,16H,3-4,8-11,13-15H2,1-2H3/t16-/m1/s1. The van der Waals surface area contributed by atoms with Crippen LogP contribution >= 0.6 is 0 Å². The number of halogens is 1. The van der Waals surface area contributed by atoms with Crippen molar-refractivity contribution >= 4 is 11.6 Å². The Bertz CT molecular complexity index is 664. The molecule has 0 unspecified atom stereocenters. The number of carbonyl (C=O) groups is 1. The molecular formula is C21H29FN2O2. The van der Waals surface area contributed by atoms with Gasteiger partial charge in [0.25, 0.3) is 5.91 Å². The van der Waals surface area contributed by atoms with E-state index in [1.54, 1.807) is 16.5 Å². The molecule has 2 heterocycles. The third-order valence-electron chi connectivity index (χ3n) is 5.15. The number of ether oxygens (including phenoxy) is 1. The maximum atomic E-state index is 13.6. The Hall–Kier alpha value is -1.88. The van der Waals surface area contributed by atoms with Gasteiger partial charge in [-0.15, -0.1) is 0 Å². The van der Waals surface area contributed by atoms with Gasteiger partial charge >= 0.3 is 0 Å². The highest BCUT2D eigenvalue weighted by molar-refractivity contribution is 5.97. The fraction of sp³-hybridized carbons (Fsp3) is 0.571. The third-order valence-corrected chi connectivity index (χ3v) is 5.15. The summed E-state index contributed by atoms with van der Waals surface area (Å²) in [5, 5.41) is 0. The number of anilines is 1. The van der Waals surface area contributed by atoms with Gasteiger partial charge in [0, 0.05) is 32.2 Å². The smallest absolute Gasteiger partial charge is 0.265 e. The predicted octanol–water partition coefficient (Wildman–Crippen LogP) is 4.01. The zero-order valence-electron chi connectivity index (χ0n) is 15.8. The van der Waals surface area contributed by atoms with Gasteiger partial charge in [-0.05, 0) is 37.3 Å². The van der Waals surface area contributed by atoms with Crippen molar-refractivity contribution in [1.29, 1.82) is 0 Å². The van der Waals surface area contributed by atoms with Gasteiger partial charge in [-0.25, -0.2) is 4.39 Å². The van der Waals surface area contributed by atoms with Crippen LogP contribution in [0.15, 0.2) is 29.8 Å². The number of amides is 1. The molecule has 1 atom stereocenters. The van der Waals surface area contributed by atoms with Gasteiger partial charge in [-0.2, -0.15) is 0 Å². The first-order valence-electron chi connectivity index (χ1n) is 9.69. The van der Waals surface area contributed by atoms with Crippen LogP contribution in [0.5, 0.6) is 5.75 Å². The number of hydrogen-bond donors (Lipinski definition) is 0. The molecule has 1 fully saturated rings. The minimum Gasteiger partial charge on any atom is -0.482 e. The molecule has 26 heavy (non-hydrogen) atoms. The molecule has 1 saturated heterocycles. The number of rotatable bonds is 6. The number of unbranched alkanes of at least 4 members (excludes halogenated alkanes) is 1. The van der Waals surface area contributed by atoms with Gasteiger partial charge < -0.3 is 14.5 Å². The summed E-state index contributed by atoms with van der Waals surface area (Å²) < 4.78 is 19.0. The van der Waals surface area contributed by atoms with E-state index in [2.05, 4.69) is 24.8 Å². The molecule has 142 valence electrons. The first kappa shape index (κ1) is 18.9. The Morgan fingerprint density at radius 1 is 1.27 bits per heavy atom. The average molecular weight is 360 g/mol. The SMILES string of the molecule is CCCC=C1CCN(C[C@@H](C)CN2C(=O)COc3ccc(F)cc32)CC1. The van der Waals surface area contributed by atoms with Crippen LogP contribution in [0.1, 0.15) is 39.5 Å². The van der Waals surface area contributed by atoms with Crippen LogP contribution in [0.4, 0.5) is 10.1 Å². The number of benzene rings is 1. The maximum Gasteiger partial charge on any atom is 0.265 e. The van der Waals surface area contributed by atoms with Crippen LogP contribution < -0.4 is 9.64 Å². The molecule has 0 aliphatic carbocycles. The van der Waals surface area contributed by atoms with Crippen LogP contribution in [0, 0.1) is 11.7 Å². The molecule has 2 aliphatic rings. The monoisotopic (exact) mass is 360 g/mol. The first-order valence-corrected chi connectivity index (χ1v) is 9.69. The van der Waals surface area contributed by atoms with Gasteiger partial charge in [0.05, 0.1) is 5.69 Å². The number of fused-ring (bicyclic) bond motifs is 1. The fourth-order valence-corrected chi connectivity index (χ4v) is 3.76. The molecule has 1 aromatic rings. The molecular weight excluding hydrogens is 331 g/mol. The second kappa shape index (κ2) is 8.67. The Labute approximate surface area is 155 Å². The molecule has 2 aliphatic heterocycles. The predicted molar refractivity (Wildman–Crippen MR) is 102 cm³/mol. The Balaban J connectivity index is 1.56. The van der Waals surface area contributed by atoms with E-state index in [0.717, 1.165) is 32.5 Å². The molecule has 0 spiro atoms. The van der Waals surface area contributed by atoms with Gasteiger partial charge in [0.2, 0.25) is 0 Å². The number of carbonyl (C=O) groups excluding carboxylic acids is 1. The summed E-state index contributed by atoms with van der Waals surface area (Å²) in [6.07, 6.45) is 7.09. The number of allylic oxidation sites excluding steroid dienone is 1. The zero-order valence-corrected chi connectivity index (χ0v) is 15.8. The summed E-state index contributed by atoms with van der Waals surface area (Å²) in [5.74, 6) is 0.455. The summed E-state index contributed by atoms with van der Waals surface area (Å²) in [4.78, 5) is 16.5. The largest absolute Gasteiger partial charge is 0.482 e. The van der Waals surface area contributed by atoms with Crippen molar-refractivity contribution in [3.8, 4) is 5.75 Å². The lowest BCUT2D eigenvalue weighted by molar-refractivity contribution is -0.121. The first-order chi connectivity index (χ1) is 12.6. The zero-order chi connectivity index (χ0) is 18.5. The van der Waals surface area contributed by atoms with Crippen molar-refractivity contribution in [3.63, 3.8) is 0 Å². The molecule has 0 radical (unpaired) electrons. The van der Waals surface area contributed by atoms with Crippen LogP contribution in [-0.2, 0) is 4.79 Å². The normalized spacial score (nSPS) is 19.1. The Morgan fingerprint density at radius 2 is 2.04 bits per heavy atom. The van der Waals surface area contributed by atoms with Crippen molar-refractivity contribution in [2.24, 2.45) is 5.92 Å². The Kier molecular flexibility index (Phi) is 6.30. The van der Waals surface area contributed by atoms with Gasteiger partial charge in [0.15, 0.2) is 6.61 Å². The quantitative estimate of drug-likeness (QED) is 0.719. The molecule has 0 saturated carbocycles. The van der Waals surface area contributed by atoms with Gasteiger partial charge in [-0.1, -0.05) is 31.9 Å². The summed E-state index contributed by atoms with van der Waals surface area (Å²) in [5.41, 5.74) is 2.14. The summed E-state index contributed by atoms with van der Waals surface area (Å²) >= 11 is 0. The molecule has 3 rings (SSSR count). The number of hydrogen-bond acceptors (Lipinski definition) is 3. The summed E-state index contributed by atoms with van der Waals surface area (Å²) in [6.45, 7) is 8.12. The van der Waals surface area contributed by atoms with Crippen molar-refractivity contribution in [2.75, 3.05) is 37.7 Å². The van der Waals surface area contributed by atoms with Gasteiger partial charge in [-0.3, -0.25) is 4.79 Å². The second-order valence-electron chi connectivity index (χ2n) is 7.46. The highest BCUT2D eigenvalue weighted by Crippen LogP contribution is 2.33. The topological polar surface area (TPSA) is 32.8 Å². The third kappa shape index (κ3) is 4.64. The highest BCUT2D eigenvalue weighted by atomic mass is 19.1. The molecule has 0 aromatic heterocycles. The minimum absolute atomic E-state index is 0.0284. The van der Waals surface area contributed by atoms with E-state index in [1.165, 1.54) is 25.0 Å². The molecule has 0 N–H and O–H groups in total. The Morgan fingerprint density at radius 3 is 2.77 bits per heavy atom. The maximum absolute atomic E-state index is 13.6. The van der Waals surface area contributed by atoms with E-state index < -0.39 is 0 Å². The lowest BCUT2D eigenvalue weighted by Gasteiger charge is -2.34. The molecule has 5 heteroatoms. The van der Waals surface area contributed by atoms with E-state index in [9.17, 15) is 9.18 Å². The van der Waals surface area contributed by atoms with E-state index in [4.69, 9.17) is 4.74 Å². The second-order valence-corrected chi connectivity index (χ2v) is 7.46. The molecule has 1 aromatic carbocycles. The van der Waals surface area contributed by atoms with E-state index in [1.807, 2.05) is 0 Å². The van der Waals surface area contributed by atoms with E-state index in [-0.39, 0.29) is 18.3 Å². The van der Waals surface area contributed by atoms with Crippen molar-refractivity contribution in [3.05, 3.63) is 35.7 Å². The average Bonchev–Trinajstić information content (AvgIpc) is 2.63. The van der Waals surface area contributed by atoms with Crippen molar-refractivity contribution < 1.29 is 13.9 Å². The summed E-state index contributed by atoms with van der Waals surface area (Å²) in [7, 11) is 0. The lowest BCUT2D eigenvalue weighted by atomic mass is 10.0. The number of piperidine rings is 1. The van der Waals surface area contributed by atoms with Crippen LogP contribution in [0.3, 0.4) is 0 Å². The number of likely N-dealkylation sites (tertiary alicyclic amines) is 1. The van der Waals surface area contributed by atoms with E-state index in [0.29, 0.717) is 23.9 Å². The number of nitrogens with zero attached hydrogens (tertiary/aromatic N) is 2. The molecule has 0 bridgehead atoms. The minimum atomic E-state index is -0.345. The van der Waals surface area contributed by atoms with Crippen LogP contribution in [0.2, 0.25) is 0 Å². The van der Waals surface area contributed by atoms with E-state index >= 15 is 0 Å². The highest BCUT2D eigenvalue weighted by Gasteiger charge is 2.28. The van der Waals surface area contributed by atoms with Crippen molar-refractivity contribution in [1.82, 2.24) is 4.90 Å². The van der Waals surface area contributed by atoms with Gasteiger partial charge in [0.1, 0.15) is 11.6 Å². The lowest BCUT2D eigenvalue weighted by Crippen LogP contribution is -2.44. The molecule has 1 amide bonds. The van der Waals surface area contributed by atoms with Crippen LogP contribution in [-0.4, -0.2) is 43.6 Å². The van der Waals surface area contributed by atoms with Crippen LogP contribution in [0.25, 0.3) is 0 Å². The fourth-order valence-electron chi connectivity index (χ4n) is 3.76. The summed E-state index contributed by atoms with van der Waals surface area (Å²) in [6, 6.07) is 4.36. The molecule has 4 nitrogen and oxygen atoms in total.